The summed E-state index contributed by atoms with van der Waals surface area (Å²) in [4.78, 5) is 9.22. The van der Waals surface area contributed by atoms with Crippen LogP contribution in [0.25, 0.3) is 0 Å². The van der Waals surface area contributed by atoms with Crippen molar-refractivity contribution >= 4 is 23.1 Å². The molecule has 2 N–H and O–H groups in total. The van der Waals surface area contributed by atoms with Gasteiger partial charge in [-0.3, -0.25) is 4.99 Å². The average molecular weight is 360 g/mol. The Balaban J connectivity index is 2.30. The molecule has 0 radical (unpaired) electrons. The highest BCUT2D eigenvalue weighted by Gasteiger charge is 2.14. The van der Waals surface area contributed by atoms with Gasteiger partial charge in [0.2, 0.25) is 0 Å². The van der Waals surface area contributed by atoms with Crippen LogP contribution in [0.3, 0.4) is 0 Å². The molecule has 0 saturated carbocycles. The lowest BCUT2D eigenvalue weighted by atomic mass is 10.0. The zero-order chi connectivity index (χ0) is 18.2. The van der Waals surface area contributed by atoms with Crippen LogP contribution >= 0.6 is 11.6 Å². The number of oxime groups is 1. The Morgan fingerprint density at radius 2 is 1.96 bits per heavy atom. The lowest BCUT2D eigenvalue weighted by Crippen LogP contribution is -2.26. The van der Waals surface area contributed by atoms with Crippen molar-refractivity contribution in [2.45, 2.75) is 20.5 Å². The lowest BCUT2D eigenvalue weighted by Gasteiger charge is -2.14. The van der Waals surface area contributed by atoms with Crippen molar-refractivity contribution in [1.82, 2.24) is 0 Å². The van der Waals surface area contributed by atoms with Crippen LogP contribution in [0.2, 0.25) is 5.02 Å². The van der Waals surface area contributed by atoms with Crippen molar-refractivity contribution in [2.24, 2.45) is 15.9 Å². The van der Waals surface area contributed by atoms with Gasteiger partial charge in [0, 0.05) is 17.6 Å². The van der Waals surface area contributed by atoms with Gasteiger partial charge >= 0.3 is 0 Å². The minimum atomic E-state index is 0.309. The minimum absolute atomic E-state index is 0.309. The van der Waals surface area contributed by atoms with E-state index < -0.39 is 0 Å². The number of amidine groups is 1. The van der Waals surface area contributed by atoms with E-state index in [0.717, 1.165) is 22.4 Å². The van der Waals surface area contributed by atoms with Gasteiger partial charge in [0.15, 0.2) is 5.71 Å². The second-order valence-corrected chi connectivity index (χ2v) is 5.76. The highest BCUT2D eigenvalue weighted by Crippen LogP contribution is 2.23. The summed E-state index contributed by atoms with van der Waals surface area (Å²) in [6.45, 7) is 4.62. The maximum atomic E-state index is 5.99. The first kappa shape index (κ1) is 18.8. The minimum Gasteiger partial charge on any atom is -0.489 e. The van der Waals surface area contributed by atoms with Gasteiger partial charge in [0.05, 0.1) is 0 Å². The Bertz CT molecular complexity index is 788. The third kappa shape index (κ3) is 4.97. The van der Waals surface area contributed by atoms with E-state index in [1.54, 1.807) is 13.1 Å². The van der Waals surface area contributed by atoms with E-state index in [1.165, 1.54) is 0 Å². The number of benzene rings is 2. The quantitative estimate of drug-likeness (QED) is 0.462. The molecule has 0 spiro atoms. The van der Waals surface area contributed by atoms with Crippen molar-refractivity contribution < 1.29 is 9.57 Å². The largest absolute Gasteiger partial charge is 0.489 e. The molecule has 0 aliphatic carbocycles. The maximum Gasteiger partial charge on any atom is 0.152 e. The van der Waals surface area contributed by atoms with Gasteiger partial charge in [0.25, 0.3) is 0 Å². The Morgan fingerprint density at radius 3 is 2.64 bits per heavy atom. The van der Waals surface area contributed by atoms with Crippen molar-refractivity contribution in [2.75, 3.05) is 13.7 Å². The van der Waals surface area contributed by atoms with Crippen LogP contribution < -0.4 is 10.5 Å². The normalized spacial score (nSPS) is 12.2. The summed E-state index contributed by atoms with van der Waals surface area (Å²) in [5.41, 5.74) is 9.22. The van der Waals surface area contributed by atoms with E-state index in [1.807, 2.05) is 50.2 Å². The van der Waals surface area contributed by atoms with E-state index in [4.69, 9.17) is 26.9 Å². The van der Waals surface area contributed by atoms with Gasteiger partial charge in [0.1, 0.15) is 24.8 Å². The molecule has 2 aromatic rings. The first-order valence-electron chi connectivity index (χ1n) is 7.96. The van der Waals surface area contributed by atoms with Gasteiger partial charge in [-0.1, -0.05) is 41.0 Å². The van der Waals surface area contributed by atoms with Gasteiger partial charge in [-0.2, -0.15) is 0 Å². The fourth-order valence-corrected chi connectivity index (χ4v) is 2.50. The molecule has 0 atom stereocenters. The average Bonchev–Trinajstić information content (AvgIpc) is 2.62. The van der Waals surface area contributed by atoms with E-state index >= 15 is 0 Å². The molecule has 5 nitrogen and oxygen atoms in total. The molecular weight excluding hydrogens is 338 g/mol. The fourth-order valence-electron chi connectivity index (χ4n) is 2.28. The molecule has 132 valence electrons. The number of rotatable bonds is 7. The van der Waals surface area contributed by atoms with Crippen molar-refractivity contribution in [1.29, 1.82) is 0 Å². The van der Waals surface area contributed by atoms with Gasteiger partial charge < -0.3 is 15.3 Å². The molecule has 0 amide bonds. The van der Waals surface area contributed by atoms with Crippen LogP contribution in [-0.4, -0.2) is 25.2 Å². The zero-order valence-electron chi connectivity index (χ0n) is 14.6. The predicted molar refractivity (Wildman–Crippen MR) is 103 cm³/mol. The Labute approximate surface area is 153 Å². The van der Waals surface area contributed by atoms with Gasteiger partial charge in [-0.25, -0.2) is 0 Å². The van der Waals surface area contributed by atoms with Crippen LogP contribution in [-0.2, 0) is 11.4 Å². The van der Waals surface area contributed by atoms with Crippen molar-refractivity contribution in [3.8, 4) is 5.75 Å². The lowest BCUT2D eigenvalue weighted by molar-refractivity contribution is 0.159. The van der Waals surface area contributed by atoms with Crippen molar-refractivity contribution in [3.63, 3.8) is 0 Å². The van der Waals surface area contributed by atoms with Gasteiger partial charge in [-0.15, -0.1) is 0 Å². The summed E-state index contributed by atoms with van der Waals surface area (Å²) >= 11 is 5.99. The highest BCUT2D eigenvalue weighted by molar-refractivity contribution is 6.47. The summed E-state index contributed by atoms with van der Waals surface area (Å²) in [6, 6.07) is 13.3. The predicted octanol–water partition coefficient (Wildman–Crippen LogP) is 3.96. The molecule has 0 aliphatic heterocycles. The third-order valence-electron chi connectivity index (χ3n) is 3.56. The zero-order valence-corrected chi connectivity index (χ0v) is 15.4. The van der Waals surface area contributed by atoms with Crippen LogP contribution in [0, 0.1) is 6.92 Å². The Hall–Kier alpha value is -2.53. The van der Waals surface area contributed by atoms with E-state index in [0.29, 0.717) is 29.8 Å². The molecule has 0 aromatic heterocycles. The second kappa shape index (κ2) is 9.08. The smallest absolute Gasteiger partial charge is 0.152 e. The molecule has 2 aromatic carbocycles. The van der Waals surface area contributed by atoms with Crippen LogP contribution in [0.4, 0.5) is 0 Å². The van der Waals surface area contributed by atoms with E-state index in [-0.39, 0.29) is 0 Å². The molecule has 0 aliphatic rings. The fraction of sp³-hybridized carbons (Fsp3) is 0.263. The molecule has 0 unspecified atom stereocenters. The number of halogens is 1. The molecule has 2 rings (SSSR count). The molecule has 6 heteroatoms. The monoisotopic (exact) mass is 359 g/mol. The summed E-state index contributed by atoms with van der Waals surface area (Å²) in [7, 11) is 1.62. The second-order valence-electron chi connectivity index (χ2n) is 5.32. The summed E-state index contributed by atoms with van der Waals surface area (Å²) < 4.78 is 5.95. The molecule has 25 heavy (non-hydrogen) atoms. The van der Waals surface area contributed by atoms with E-state index in [2.05, 4.69) is 10.1 Å². The third-order valence-corrected chi connectivity index (χ3v) is 3.80. The summed E-state index contributed by atoms with van der Waals surface area (Å²) in [6.07, 6.45) is 0. The summed E-state index contributed by atoms with van der Waals surface area (Å²) in [5.74, 6) is 1.09. The molecule has 0 saturated heterocycles. The van der Waals surface area contributed by atoms with Gasteiger partial charge in [-0.05, 0) is 43.2 Å². The highest BCUT2D eigenvalue weighted by atomic mass is 35.5. The Morgan fingerprint density at radius 1 is 1.20 bits per heavy atom. The number of nitrogens with zero attached hydrogens (tertiary/aromatic N) is 2. The first-order chi connectivity index (χ1) is 12.1. The van der Waals surface area contributed by atoms with Crippen molar-refractivity contribution in [3.05, 3.63) is 64.2 Å². The topological polar surface area (TPSA) is 69.2 Å². The van der Waals surface area contributed by atoms with Crippen LogP contribution in [0.1, 0.15) is 23.6 Å². The number of hydrogen-bond donors (Lipinski definition) is 1. The standard InChI is InChI=1S/C19H22ClN3O2/c1-4-25-23-18(19(21)22-3)16-8-6-5-7-14(16)12-24-17-10-9-15(20)11-13(17)2/h5-11H,4,12H2,1-3H3,(H2,21,22). The molecular formula is C19H22ClN3O2. The number of aliphatic imine (C=N–C) groups is 1. The maximum absolute atomic E-state index is 5.99. The number of nitrogens with two attached hydrogens (primary N) is 1. The van der Waals surface area contributed by atoms with Crippen LogP contribution in [0.15, 0.2) is 52.6 Å². The number of aryl methyl sites for hydroxylation is 1. The summed E-state index contributed by atoms with van der Waals surface area (Å²) in [5, 5.41) is 4.80. The SMILES string of the molecule is CCON=C(C(N)=NC)c1ccccc1COc1ccc(Cl)cc1C. The number of ether oxygens (including phenoxy) is 1. The molecule has 0 heterocycles. The van der Waals surface area contributed by atoms with E-state index in [9.17, 15) is 0 Å². The first-order valence-corrected chi connectivity index (χ1v) is 8.34. The number of hydrogen-bond acceptors (Lipinski definition) is 4. The Kier molecular flexibility index (Phi) is 6.83. The molecule has 0 bridgehead atoms. The van der Waals surface area contributed by atoms with Crippen LogP contribution in [0.5, 0.6) is 5.75 Å². The molecule has 0 fully saturated rings.